The molecule has 0 saturated heterocycles. The van der Waals surface area contributed by atoms with Crippen LogP contribution in [-0.4, -0.2) is 23.0 Å². The Morgan fingerprint density at radius 1 is 1.19 bits per heavy atom. The molecule has 0 spiro atoms. The lowest BCUT2D eigenvalue weighted by molar-refractivity contribution is -0.146. The van der Waals surface area contributed by atoms with Crippen LogP contribution in [0.3, 0.4) is 0 Å². The van der Waals surface area contributed by atoms with Crippen molar-refractivity contribution in [1.29, 1.82) is 0 Å². The summed E-state index contributed by atoms with van der Waals surface area (Å²) >= 11 is 0. The Labute approximate surface area is 95.4 Å². The van der Waals surface area contributed by atoms with E-state index in [0.29, 0.717) is 12.3 Å². The highest BCUT2D eigenvalue weighted by atomic mass is 16.4. The molecule has 0 aromatic rings. The predicted molar refractivity (Wildman–Crippen MR) is 58.8 cm³/mol. The summed E-state index contributed by atoms with van der Waals surface area (Å²) in [4.78, 5) is 22.9. The van der Waals surface area contributed by atoms with Gasteiger partial charge in [0.25, 0.3) is 0 Å². The van der Waals surface area contributed by atoms with Crippen LogP contribution in [0.25, 0.3) is 0 Å². The number of carboxylic acid groups (broad SMARTS) is 1. The van der Waals surface area contributed by atoms with Gasteiger partial charge in [0.05, 0.1) is 11.8 Å². The molecule has 2 fully saturated rings. The van der Waals surface area contributed by atoms with Crippen molar-refractivity contribution in [2.75, 3.05) is 0 Å². The smallest absolute Gasteiger partial charge is 0.307 e. The van der Waals surface area contributed by atoms with Crippen LogP contribution >= 0.6 is 0 Å². The largest absolute Gasteiger partial charge is 0.481 e. The summed E-state index contributed by atoms with van der Waals surface area (Å²) in [5.74, 6) is -1.03. The molecule has 4 heteroatoms. The molecule has 0 heterocycles. The maximum absolute atomic E-state index is 11.9. The third kappa shape index (κ3) is 2.36. The molecule has 2 rings (SSSR count). The van der Waals surface area contributed by atoms with E-state index in [1.54, 1.807) is 0 Å². The van der Waals surface area contributed by atoms with Gasteiger partial charge in [0.15, 0.2) is 0 Å². The zero-order chi connectivity index (χ0) is 11.7. The minimum atomic E-state index is -0.822. The highest BCUT2D eigenvalue weighted by Gasteiger charge is 2.39. The highest BCUT2D eigenvalue weighted by Crippen LogP contribution is 2.35. The molecule has 3 unspecified atom stereocenters. The van der Waals surface area contributed by atoms with Crippen molar-refractivity contribution in [3.63, 3.8) is 0 Å². The zero-order valence-electron chi connectivity index (χ0n) is 9.61. The maximum atomic E-state index is 11.9. The van der Waals surface area contributed by atoms with Crippen LogP contribution < -0.4 is 5.32 Å². The quantitative estimate of drug-likeness (QED) is 0.760. The van der Waals surface area contributed by atoms with Crippen LogP contribution in [0, 0.1) is 17.8 Å². The summed E-state index contributed by atoms with van der Waals surface area (Å²) in [5, 5.41) is 12.0. The van der Waals surface area contributed by atoms with Gasteiger partial charge in [-0.15, -0.1) is 0 Å². The molecule has 2 saturated carbocycles. The number of hydrogen-bond acceptors (Lipinski definition) is 2. The molecule has 0 aromatic carbocycles. The fraction of sp³-hybridized carbons (Fsp3) is 0.833. The Kier molecular flexibility index (Phi) is 3.17. The minimum absolute atomic E-state index is 0.0516. The summed E-state index contributed by atoms with van der Waals surface area (Å²) in [6.07, 6.45) is 4.60. The average Bonchev–Trinajstić information content (AvgIpc) is 2.94. The Morgan fingerprint density at radius 3 is 2.38 bits per heavy atom. The van der Waals surface area contributed by atoms with E-state index < -0.39 is 11.9 Å². The van der Waals surface area contributed by atoms with Crippen molar-refractivity contribution >= 4 is 11.9 Å². The molecule has 4 nitrogen and oxygen atoms in total. The van der Waals surface area contributed by atoms with Crippen LogP contribution in [0.5, 0.6) is 0 Å². The van der Waals surface area contributed by atoms with Gasteiger partial charge in [0, 0.05) is 6.04 Å². The summed E-state index contributed by atoms with van der Waals surface area (Å²) in [6.45, 7) is 2.01. The zero-order valence-corrected chi connectivity index (χ0v) is 9.61. The summed E-state index contributed by atoms with van der Waals surface area (Å²) in [7, 11) is 0. The van der Waals surface area contributed by atoms with Gasteiger partial charge >= 0.3 is 5.97 Å². The number of carbonyl (C=O) groups excluding carboxylic acids is 1. The van der Waals surface area contributed by atoms with Gasteiger partial charge in [-0.25, -0.2) is 0 Å². The Bertz CT molecular complexity index is 299. The van der Waals surface area contributed by atoms with Crippen LogP contribution in [0.1, 0.15) is 39.0 Å². The summed E-state index contributed by atoms with van der Waals surface area (Å²) in [5.41, 5.74) is 0. The molecule has 2 aliphatic rings. The lowest BCUT2D eigenvalue weighted by atomic mass is 9.95. The number of amides is 1. The maximum Gasteiger partial charge on any atom is 0.307 e. The number of hydrogen-bond donors (Lipinski definition) is 2. The second-order valence-electron chi connectivity index (χ2n) is 5.12. The lowest BCUT2D eigenvalue weighted by Gasteiger charge is -2.19. The molecule has 3 atom stereocenters. The van der Waals surface area contributed by atoms with E-state index in [1.165, 1.54) is 12.8 Å². The second-order valence-corrected chi connectivity index (χ2v) is 5.12. The Balaban J connectivity index is 1.90. The predicted octanol–water partition coefficient (Wildman–Crippen LogP) is 1.40. The first-order chi connectivity index (χ1) is 7.59. The van der Waals surface area contributed by atoms with E-state index >= 15 is 0 Å². The third-order valence-corrected chi connectivity index (χ3v) is 3.87. The van der Waals surface area contributed by atoms with Gasteiger partial charge in [-0.3, -0.25) is 9.59 Å². The van der Waals surface area contributed by atoms with Crippen molar-refractivity contribution < 1.29 is 14.7 Å². The number of carboxylic acids is 1. The van der Waals surface area contributed by atoms with Crippen molar-refractivity contribution in [2.24, 2.45) is 17.8 Å². The van der Waals surface area contributed by atoms with Gasteiger partial charge in [-0.05, 0) is 38.5 Å². The van der Waals surface area contributed by atoms with Gasteiger partial charge in [0.2, 0.25) is 5.91 Å². The van der Waals surface area contributed by atoms with Gasteiger partial charge in [0.1, 0.15) is 0 Å². The van der Waals surface area contributed by atoms with Crippen molar-refractivity contribution in [1.82, 2.24) is 5.32 Å². The average molecular weight is 225 g/mol. The molecule has 2 N–H and O–H groups in total. The molecule has 0 bridgehead atoms. The minimum Gasteiger partial charge on any atom is -0.481 e. The molecule has 1 amide bonds. The van der Waals surface area contributed by atoms with Crippen LogP contribution in [-0.2, 0) is 9.59 Å². The Hall–Kier alpha value is -1.06. The van der Waals surface area contributed by atoms with E-state index in [-0.39, 0.29) is 17.9 Å². The summed E-state index contributed by atoms with van der Waals surface area (Å²) < 4.78 is 0. The number of rotatable bonds is 4. The standard InChI is InChI=1S/C12H19NO3/c1-7(8-5-6-8)13-11(14)9-3-2-4-10(9)12(15)16/h7-10H,2-6H2,1H3,(H,13,14)(H,15,16). The van der Waals surface area contributed by atoms with E-state index in [2.05, 4.69) is 5.32 Å². The molecule has 0 radical (unpaired) electrons. The van der Waals surface area contributed by atoms with E-state index in [4.69, 9.17) is 5.11 Å². The van der Waals surface area contributed by atoms with E-state index in [9.17, 15) is 9.59 Å². The molecule has 0 aromatic heterocycles. The molecule has 0 aliphatic heterocycles. The topological polar surface area (TPSA) is 66.4 Å². The second kappa shape index (κ2) is 4.44. The first kappa shape index (κ1) is 11.4. The van der Waals surface area contributed by atoms with E-state index in [0.717, 1.165) is 12.8 Å². The molecular formula is C12H19NO3. The van der Waals surface area contributed by atoms with Crippen molar-refractivity contribution in [2.45, 2.75) is 45.1 Å². The van der Waals surface area contributed by atoms with Crippen LogP contribution in [0.4, 0.5) is 0 Å². The first-order valence-corrected chi connectivity index (χ1v) is 6.12. The first-order valence-electron chi connectivity index (χ1n) is 6.12. The third-order valence-electron chi connectivity index (χ3n) is 3.87. The lowest BCUT2D eigenvalue weighted by Crippen LogP contribution is -2.40. The molecule has 16 heavy (non-hydrogen) atoms. The van der Waals surface area contributed by atoms with E-state index in [1.807, 2.05) is 6.92 Å². The van der Waals surface area contributed by atoms with Crippen LogP contribution in [0.15, 0.2) is 0 Å². The van der Waals surface area contributed by atoms with Gasteiger partial charge < -0.3 is 10.4 Å². The number of aliphatic carboxylic acids is 1. The van der Waals surface area contributed by atoms with Crippen LogP contribution in [0.2, 0.25) is 0 Å². The van der Waals surface area contributed by atoms with Crippen molar-refractivity contribution in [3.05, 3.63) is 0 Å². The number of nitrogens with one attached hydrogen (secondary N) is 1. The van der Waals surface area contributed by atoms with Gasteiger partial charge in [-0.2, -0.15) is 0 Å². The highest BCUT2D eigenvalue weighted by molar-refractivity contribution is 5.85. The fourth-order valence-corrected chi connectivity index (χ4v) is 2.61. The van der Waals surface area contributed by atoms with Gasteiger partial charge in [-0.1, -0.05) is 6.42 Å². The normalized spacial score (nSPS) is 31.1. The SMILES string of the molecule is CC(NC(=O)C1CCCC1C(=O)O)C1CC1. The fourth-order valence-electron chi connectivity index (χ4n) is 2.61. The summed E-state index contributed by atoms with van der Waals surface area (Å²) in [6, 6.07) is 0.211. The monoisotopic (exact) mass is 225 g/mol. The molecule has 2 aliphatic carbocycles. The molecular weight excluding hydrogens is 206 g/mol. The number of carbonyl (C=O) groups is 2. The van der Waals surface area contributed by atoms with Crippen molar-refractivity contribution in [3.8, 4) is 0 Å². The molecule has 90 valence electrons. The Morgan fingerprint density at radius 2 is 1.81 bits per heavy atom.